The summed E-state index contributed by atoms with van der Waals surface area (Å²) in [6, 6.07) is 25.0. The molecule has 36 heavy (non-hydrogen) atoms. The van der Waals surface area contributed by atoms with Crippen LogP contribution in [0.4, 0.5) is 8.78 Å². The second-order valence-corrected chi connectivity index (χ2v) is 8.86. The van der Waals surface area contributed by atoms with Gasteiger partial charge in [-0.3, -0.25) is 4.79 Å². The summed E-state index contributed by atoms with van der Waals surface area (Å²) in [7, 11) is 0. The number of carbonyl (C=O) groups excluding carboxylic acids is 1. The molecule has 184 valence electrons. The van der Waals surface area contributed by atoms with Crippen molar-refractivity contribution in [1.29, 1.82) is 0 Å². The van der Waals surface area contributed by atoms with E-state index in [0.29, 0.717) is 36.5 Å². The second kappa shape index (κ2) is 10.7. The third-order valence-electron chi connectivity index (χ3n) is 6.57. The maximum atomic E-state index is 13.1. The molecule has 1 aliphatic heterocycles. The van der Waals surface area contributed by atoms with Gasteiger partial charge in [-0.1, -0.05) is 66.7 Å². The number of nitrogens with zero attached hydrogens (tertiary/aromatic N) is 2. The SMILES string of the molecule is O=C(CCc1ccc(-c2ccccc2)cc1)N1CCC[C@H]1c1ncc(-c2ccccc2OC(F)F)[nH]1. The molecule has 0 unspecified atom stereocenters. The summed E-state index contributed by atoms with van der Waals surface area (Å²) in [6.45, 7) is -2.23. The van der Waals surface area contributed by atoms with Gasteiger partial charge in [0, 0.05) is 18.5 Å². The Bertz CT molecular complexity index is 1310. The molecule has 0 bridgehead atoms. The Morgan fingerprint density at radius 1 is 1.00 bits per heavy atom. The fourth-order valence-electron chi connectivity index (χ4n) is 4.77. The van der Waals surface area contributed by atoms with E-state index < -0.39 is 6.61 Å². The molecule has 1 atom stereocenters. The number of likely N-dealkylation sites (tertiary alicyclic amines) is 1. The summed E-state index contributed by atoms with van der Waals surface area (Å²) < 4.78 is 30.3. The van der Waals surface area contributed by atoms with Crippen molar-refractivity contribution in [2.24, 2.45) is 0 Å². The molecule has 2 heterocycles. The molecule has 1 saturated heterocycles. The third kappa shape index (κ3) is 5.30. The lowest BCUT2D eigenvalue weighted by Crippen LogP contribution is -2.31. The molecule has 4 aromatic rings. The van der Waals surface area contributed by atoms with Crippen molar-refractivity contribution in [1.82, 2.24) is 14.9 Å². The third-order valence-corrected chi connectivity index (χ3v) is 6.57. The van der Waals surface area contributed by atoms with Gasteiger partial charge < -0.3 is 14.6 Å². The lowest BCUT2D eigenvalue weighted by Gasteiger charge is -2.23. The number of hydrogen-bond acceptors (Lipinski definition) is 3. The van der Waals surface area contributed by atoms with Gasteiger partial charge in [0.05, 0.1) is 17.9 Å². The van der Waals surface area contributed by atoms with Crippen LogP contribution in [0.5, 0.6) is 5.75 Å². The molecular weight excluding hydrogens is 460 g/mol. The van der Waals surface area contributed by atoms with Gasteiger partial charge in [0.25, 0.3) is 0 Å². The average molecular weight is 488 g/mol. The molecule has 1 aromatic heterocycles. The zero-order valence-corrected chi connectivity index (χ0v) is 19.7. The summed E-state index contributed by atoms with van der Waals surface area (Å²) >= 11 is 0. The number of halogens is 2. The minimum absolute atomic E-state index is 0.0836. The van der Waals surface area contributed by atoms with Gasteiger partial charge in [0.2, 0.25) is 5.91 Å². The van der Waals surface area contributed by atoms with Crippen LogP contribution in [0.1, 0.15) is 36.7 Å². The van der Waals surface area contributed by atoms with E-state index in [1.165, 1.54) is 11.6 Å². The van der Waals surface area contributed by atoms with Gasteiger partial charge in [-0.25, -0.2) is 4.98 Å². The smallest absolute Gasteiger partial charge is 0.387 e. The molecular formula is C29H27F2N3O2. The predicted molar refractivity (Wildman–Crippen MR) is 135 cm³/mol. The van der Waals surface area contributed by atoms with E-state index in [0.717, 1.165) is 24.0 Å². The number of nitrogens with one attached hydrogen (secondary N) is 1. The Morgan fingerprint density at radius 3 is 2.50 bits per heavy atom. The number of ether oxygens (including phenoxy) is 1. The molecule has 0 spiro atoms. The first-order valence-corrected chi connectivity index (χ1v) is 12.1. The van der Waals surface area contributed by atoms with Crippen molar-refractivity contribution < 1.29 is 18.3 Å². The summed E-state index contributed by atoms with van der Waals surface area (Å²) in [6.07, 6.45) is 4.39. The number of para-hydroxylation sites is 1. The Kier molecular flexibility index (Phi) is 7.07. The van der Waals surface area contributed by atoms with Crippen molar-refractivity contribution in [3.63, 3.8) is 0 Å². The highest BCUT2D eigenvalue weighted by atomic mass is 19.3. The number of benzene rings is 3. The molecule has 1 N–H and O–H groups in total. The largest absolute Gasteiger partial charge is 0.434 e. The lowest BCUT2D eigenvalue weighted by atomic mass is 10.0. The number of amides is 1. The van der Waals surface area contributed by atoms with Crippen molar-refractivity contribution in [3.8, 4) is 28.1 Å². The van der Waals surface area contributed by atoms with Crippen molar-refractivity contribution in [2.75, 3.05) is 6.54 Å². The first-order chi connectivity index (χ1) is 17.6. The normalized spacial score (nSPS) is 15.4. The number of H-pyrrole nitrogens is 1. The molecule has 1 aliphatic rings. The van der Waals surface area contributed by atoms with Gasteiger partial charge >= 0.3 is 6.61 Å². The number of rotatable bonds is 8. The molecule has 5 nitrogen and oxygen atoms in total. The minimum Gasteiger partial charge on any atom is -0.434 e. The van der Waals surface area contributed by atoms with E-state index in [2.05, 4.69) is 51.1 Å². The number of carbonyl (C=O) groups is 1. The van der Waals surface area contributed by atoms with Crippen LogP contribution in [0.3, 0.4) is 0 Å². The van der Waals surface area contributed by atoms with Gasteiger partial charge in [0.1, 0.15) is 11.6 Å². The molecule has 0 aliphatic carbocycles. The first-order valence-electron chi connectivity index (χ1n) is 12.1. The Morgan fingerprint density at radius 2 is 1.72 bits per heavy atom. The quantitative estimate of drug-likeness (QED) is 0.303. The number of aryl methyl sites for hydroxylation is 1. The van der Waals surface area contributed by atoms with E-state index >= 15 is 0 Å². The van der Waals surface area contributed by atoms with E-state index in [1.54, 1.807) is 24.4 Å². The fourth-order valence-corrected chi connectivity index (χ4v) is 4.77. The van der Waals surface area contributed by atoms with Crippen molar-refractivity contribution >= 4 is 5.91 Å². The predicted octanol–water partition coefficient (Wildman–Crippen LogP) is 6.64. The van der Waals surface area contributed by atoms with Crippen LogP contribution in [-0.4, -0.2) is 33.9 Å². The van der Waals surface area contributed by atoms with Crippen LogP contribution in [0.15, 0.2) is 85.1 Å². The van der Waals surface area contributed by atoms with Gasteiger partial charge in [-0.05, 0) is 48.1 Å². The van der Waals surface area contributed by atoms with Crippen LogP contribution in [0.2, 0.25) is 0 Å². The van der Waals surface area contributed by atoms with Gasteiger partial charge in [-0.2, -0.15) is 8.78 Å². The summed E-state index contributed by atoms with van der Waals surface area (Å²) in [5.74, 6) is 0.833. The van der Waals surface area contributed by atoms with Crippen LogP contribution in [0.25, 0.3) is 22.4 Å². The summed E-state index contributed by atoms with van der Waals surface area (Å²) in [5.41, 5.74) is 4.53. The Hall–Kier alpha value is -4.00. The summed E-state index contributed by atoms with van der Waals surface area (Å²) in [4.78, 5) is 22.7. The maximum absolute atomic E-state index is 13.1. The van der Waals surface area contributed by atoms with E-state index in [9.17, 15) is 13.6 Å². The van der Waals surface area contributed by atoms with Crippen LogP contribution in [-0.2, 0) is 11.2 Å². The number of alkyl halides is 2. The second-order valence-electron chi connectivity index (χ2n) is 8.86. The van der Waals surface area contributed by atoms with Crippen molar-refractivity contribution in [3.05, 3.63) is 96.4 Å². The molecule has 3 aromatic carbocycles. The molecule has 7 heteroatoms. The van der Waals surface area contributed by atoms with Crippen molar-refractivity contribution in [2.45, 2.75) is 38.3 Å². The molecule has 0 radical (unpaired) electrons. The van der Waals surface area contributed by atoms with E-state index in [1.807, 2.05) is 23.1 Å². The topological polar surface area (TPSA) is 58.2 Å². The number of imidazole rings is 1. The maximum Gasteiger partial charge on any atom is 0.387 e. The zero-order chi connectivity index (χ0) is 24.9. The van der Waals surface area contributed by atoms with Crippen LogP contribution >= 0.6 is 0 Å². The number of hydrogen-bond donors (Lipinski definition) is 1. The fraction of sp³-hybridized carbons (Fsp3) is 0.241. The molecule has 5 rings (SSSR count). The van der Waals surface area contributed by atoms with E-state index in [4.69, 9.17) is 0 Å². The van der Waals surface area contributed by atoms with Gasteiger partial charge in [0.15, 0.2) is 0 Å². The Labute approximate surface area is 208 Å². The average Bonchev–Trinajstić information content (AvgIpc) is 3.58. The minimum atomic E-state index is -2.91. The first kappa shape index (κ1) is 23.7. The highest BCUT2D eigenvalue weighted by Gasteiger charge is 2.31. The Balaban J connectivity index is 1.24. The van der Waals surface area contributed by atoms with Gasteiger partial charge in [-0.15, -0.1) is 0 Å². The zero-order valence-electron chi connectivity index (χ0n) is 19.7. The van der Waals surface area contributed by atoms with Crippen LogP contribution < -0.4 is 4.74 Å². The molecule has 1 fully saturated rings. The van der Waals surface area contributed by atoms with E-state index in [-0.39, 0.29) is 17.7 Å². The summed E-state index contributed by atoms with van der Waals surface area (Å²) in [5, 5.41) is 0. The number of aromatic nitrogens is 2. The standard InChI is InChI=1S/C29H27F2N3O2/c30-29(31)36-26-11-5-4-9-23(26)24-19-32-28(33-24)25-10-6-18-34(25)27(35)17-14-20-12-15-22(16-13-20)21-7-2-1-3-8-21/h1-5,7-9,11-13,15-16,19,25,29H,6,10,14,17-18H2,(H,32,33)/t25-/m0/s1. The van der Waals surface area contributed by atoms with Crippen LogP contribution in [0, 0.1) is 0 Å². The monoisotopic (exact) mass is 487 g/mol. The number of aromatic amines is 1. The highest BCUT2D eigenvalue weighted by molar-refractivity contribution is 5.77. The molecule has 0 saturated carbocycles. The molecule has 1 amide bonds. The lowest BCUT2D eigenvalue weighted by molar-refractivity contribution is -0.132. The highest BCUT2D eigenvalue weighted by Crippen LogP contribution is 2.34.